The van der Waals surface area contributed by atoms with Crippen LogP contribution >= 0.6 is 0 Å². The monoisotopic (exact) mass is 353 g/mol. The lowest BCUT2D eigenvalue weighted by Crippen LogP contribution is -2.37. The maximum absolute atomic E-state index is 14.3. The van der Waals surface area contributed by atoms with Gasteiger partial charge in [0.25, 0.3) is 12.3 Å². The Kier molecular flexibility index (Phi) is 3.90. The molecule has 2 aromatic rings. The minimum atomic E-state index is -2.83. The van der Waals surface area contributed by atoms with Crippen LogP contribution in [0.15, 0.2) is 29.4 Å². The van der Waals surface area contributed by atoms with E-state index in [1.165, 1.54) is 19.1 Å². The van der Waals surface area contributed by atoms with Crippen molar-refractivity contribution in [1.29, 1.82) is 0 Å². The molecule has 1 amide bonds. The van der Waals surface area contributed by atoms with Gasteiger partial charge in [0, 0.05) is 11.3 Å². The highest BCUT2D eigenvalue weighted by Gasteiger charge is 2.39. The summed E-state index contributed by atoms with van der Waals surface area (Å²) in [6.45, 7) is 1.36. The smallest absolute Gasteiger partial charge is 0.399 e. The Balaban J connectivity index is 2.19. The molecule has 2 heterocycles. The zero-order valence-corrected chi connectivity index (χ0v) is 13.0. The number of benzene rings is 1. The van der Waals surface area contributed by atoms with Gasteiger partial charge in [0.05, 0.1) is 12.7 Å². The van der Waals surface area contributed by atoms with Crippen molar-refractivity contribution in [2.45, 2.75) is 25.4 Å². The second-order valence-corrected chi connectivity index (χ2v) is 5.74. The number of alkyl halides is 2. The number of anilines is 1. The lowest BCUT2D eigenvalue weighted by Gasteiger charge is -2.32. The molecule has 0 spiro atoms. The first kappa shape index (κ1) is 16.8. The highest BCUT2D eigenvalue weighted by molar-refractivity contribution is 5.98. The average molecular weight is 353 g/mol. The minimum Gasteiger partial charge on any atom is -0.399 e. The van der Waals surface area contributed by atoms with Gasteiger partial charge >= 0.3 is 6.09 Å². The number of aliphatic imine (C=N–C) groups is 1. The molecule has 3 rings (SSSR count). The number of nitrogens with zero attached hydrogens (tertiary/aromatic N) is 3. The number of hydrogen-bond donors (Lipinski definition) is 2. The highest BCUT2D eigenvalue weighted by atomic mass is 19.3. The number of amides is 1. The van der Waals surface area contributed by atoms with E-state index in [4.69, 9.17) is 16.2 Å². The standard InChI is InChI=1S/C15H14F3N5O2/c1-15(8-4-7(19)2-3-9(8)16)6-23-10(11(17)18)5-21-12(23)13(22-15)25-14(20)24/h2-5,11H,6,19H2,1H3,(H2,20,24)/t15-/m0/s1. The molecule has 0 bridgehead atoms. The summed E-state index contributed by atoms with van der Waals surface area (Å²) in [6, 6.07) is 3.87. The first-order valence-corrected chi connectivity index (χ1v) is 7.18. The van der Waals surface area contributed by atoms with E-state index >= 15 is 0 Å². The molecule has 0 fully saturated rings. The predicted octanol–water partition coefficient (Wildman–Crippen LogP) is 2.31. The molecule has 1 aliphatic rings. The molecule has 7 nitrogen and oxygen atoms in total. The third-order valence-electron chi connectivity index (χ3n) is 3.88. The number of carbonyl (C=O) groups is 1. The van der Waals surface area contributed by atoms with E-state index in [2.05, 4.69) is 9.98 Å². The van der Waals surface area contributed by atoms with Crippen LogP contribution < -0.4 is 11.5 Å². The van der Waals surface area contributed by atoms with Gasteiger partial charge in [-0.05, 0) is 25.1 Å². The van der Waals surface area contributed by atoms with Gasteiger partial charge < -0.3 is 20.8 Å². The molecule has 1 atom stereocenters. The Bertz CT molecular complexity index is 880. The lowest BCUT2D eigenvalue weighted by molar-refractivity contribution is 0.138. The Morgan fingerprint density at radius 1 is 1.44 bits per heavy atom. The largest absolute Gasteiger partial charge is 0.411 e. The zero-order chi connectivity index (χ0) is 18.4. The van der Waals surface area contributed by atoms with Crippen molar-refractivity contribution in [2.24, 2.45) is 10.7 Å². The van der Waals surface area contributed by atoms with Crippen molar-refractivity contribution in [3.8, 4) is 0 Å². The van der Waals surface area contributed by atoms with Crippen LogP contribution in [0.4, 0.5) is 23.7 Å². The molecule has 1 aliphatic heterocycles. The van der Waals surface area contributed by atoms with E-state index in [1.54, 1.807) is 0 Å². The zero-order valence-electron chi connectivity index (χ0n) is 13.0. The molecule has 1 aromatic heterocycles. The molecule has 0 saturated carbocycles. The summed E-state index contributed by atoms with van der Waals surface area (Å²) < 4.78 is 46.7. The number of primary amides is 1. The molecule has 10 heteroatoms. The minimum absolute atomic E-state index is 0.0673. The number of fused-ring (bicyclic) bond motifs is 1. The SMILES string of the molecule is C[C@@]1(c2cc(N)ccc2F)Cn2c(C(F)F)cnc2C(OC(N)=O)=N1. The highest BCUT2D eigenvalue weighted by Crippen LogP contribution is 2.36. The van der Waals surface area contributed by atoms with Crippen molar-refractivity contribution in [3.05, 3.63) is 47.3 Å². The van der Waals surface area contributed by atoms with Crippen molar-refractivity contribution < 1.29 is 22.7 Å². The topological polar surface area (TPSA) is 109 Å². The summed E-state index contributed by atoms with van der Waals surface area (Å²) >= 11 is 0. The Morgan fingerprint density at radius 2 is 2.16 bits per heavy atom. The van der Waals surface area contributed by atoms with Crippen molar-refractivity contribution >= 4 is 17.7 Å². The predicted molar refractivity (Wildman–Crippen MR) is 82.6 cm³/mol. The van der Waals surface area contributed by atoms with Gasteiger partial charge in [0.1, 0.15) is 17.1 Å². The van der Waals surface area contributed by atoms with Crippen LogP contribution in [-0.4, -0.2) is 21.5 Å². The Morgan fingerprint density at radius 3 is 2.80 bits per heavy atom. The number of rotatable bonds is 2. The number of ether oxygens (including phenoxy) is 1. The van der Waals surface area contributed by atoms with E-state index in [0.29, 0.717) is 0 Å². The number of halogens is 3. The summed E-state index contributed by atoms with van der Waals surface area (Å²) in [7, 11) is 0. The van der Waals surface area contributed by atoms with E-state index in [0.717, 1.165) is 16.8 Å². The summed E-state index contributed by atoms with van der Waals surface area (Å²) in [5.41, 5.74) is 9.28. The lowest BCUT2D eigenvalue weighted by atomic mass is 9.90. The van der Waals surface area contributed by atoms with Gasteiger partial charge in [-0.25, -0.2) is 27.9 Å². The third kappa shape index (κ3) is 2.90. The van der Waals surface area contributed by atoms with Crippen LogP contribution in [0, 0.1) is 5.82 Å². The fourth-order valence-corrected chi connectivity index (χ4v) is 2.78. The molecule has 1 aromatic carbocycles. The number of nitrogens with two attached hydrogens (primary N) is 2. The molecular formula is C15H14F3N5O2. The van der Waals surface area contributed by atoms with E-state index < -0.39 is 29.6 Å². The second-order valence-electron chi connectivity index (χ2n) is 5.74. The summed E-state index contributed by atoms with van der Waals surface area (Å²) in [5, 5.41) is 0. The molecule has 132 valence electrons. The van der Waals surface area contributed by atoms with Crippen LogP contribution in [-0.2, 0) is 16.8 Å². The van der Waals surface area contributed by atoms with Gasteiger partial charge in [0.2, 0.25) is 0 Å². The van der Waals surface area contributed by atoms with Crippen molar-refractivity contribution in [2.75, 3.05) is 5.73 Å². The molecule has 0 unspecified atom stereocenters. The van der Waals surface area contributed by atoms with Crippen LogP contribution in [0.3, 0.4) is 0 Å². The molecular weight excluding hydrogens is 339 g/mol. The van der Waals surface area contributed by atoms with Crippen molar-refractivity contribution in [1.82, 2.24) is 9.55 Å². The van der Waals surface area contributed by atoms with Crippen LogP contribution in [0.1, 0.15) is 30.4 Å². The molecule has 25 heavy (non-hydrogen) atoms. The number of carbonyl (C=O) groups excluding carboxylic acids is 1. The first-order valence-electron chi connectivity index (χ1n) is 7.18. The van der Waals surface area contributed by atoms with Crippen LogP contribution in [0.5, 0.6) is 0 Å². The summed E-state index contributed by atoms with van der Waals surface area (Å²) in [6.07, 6.45) is -3.07. The fourth-order valence-electron chi connectivity index (χ4n) is 2.78. The quantitative estimate of drug-likeness (QED) is 0.808. The van der Waals surface area contributed by atoms with Gasteiger partial charge in [0.15, 0.2) is 5.82 Å². The molecule has 0 saturated heterocycles. The second kappa shape index (κ2) is 5.80. The number of imidazole rings is 1. The fraction of sp³-hybridized carbons (Fsp3) is 0.267. The normalized spacial score (nSPS) is 19.5. The van der Waals surface area contributed by atoms with Crippen molar-refractivity contribution in [3.63, 3.8) is 0 Å². The Hall–Kier alpha value is -3.04. The van der Waals surface area contributed by atoms with Crippen LogP contribution in [0.25, 0.3) is 0 Å². The van der Waals surface area contributed by atoms with Crippen LogP contribution in [0.2, 0.25) is 0 Å². The Labute approximate surface area is 140 Å². The van der Waals surface area contributed by atoms with E-state index in [-0.39, 0.29) is 29.5 Å². The summed E-state index contributed by atoms with van der Waals surface area (Å²) in [4.78, 5) is 19.1. The number of nitrogen functional groups attached to an aromatic ring is 1. The third-order valence-corrected chi connectivity index (χ3v) is 3.88. The van der Waals surface area contributed by atoms with E-state index in [1.807, 2.05) is 0 Å². The molecule has 0 radical (unpaired) electrons. The number of aromatic nitrogens is 2. The first-order chi connectivity index (χ1) is 11.7. The summed E-state index contributed by atoms with van der Waals surface area (Å²) in [5.74, 6) is -1.08. The van der Waals surface area contributed by atoms with Gasteiger partial charge in [-0.3, -0.25) is 0 Å². The average Bonchev–Trinajstić information content (AvgIpc) is 2.92. The van der Waals surface area contributed by atoms with Gasteiger partial charge in [-0.2, -0.15) is 0 Å². The molecule has 0 aliphatic carbocycles. The van der Waals surface area contributed by atoms with Gasteiger partial charge in [-0.1, -0.05) is 0 Å². The molecule has 4 N–H and O–H groups in total. The van der Waals surface area contributed by atoms with Gasteiger partial charge in [-0.15, -0.1) is 0 Å². The van der Waals surface area contributed by atoms with E-state index in [9.17, 15) is 18.0 Å². The maximum Gasteiger partial charge on any atom is 0.411 e. The maximum atomic E-state index is 14.3. The number of hydrogen-bond acceptors (Lipinski definition) is 5.